The minimum absolute atomic E-state index is 0.487. The molecule has 0 aliphatic carbocycles. The van der Waals surface area contributed by atoms with Crippen LogP contribution in [0.5, 0.6) is 0 Å². The number of hydrogen-bond donors (Lipinski definition) is 2. The molecule has 0 bridgehead atoms. The molecular weight excluding hydrogens is 180 g/mol. The van der Waals surface area contributed by atoms with Crippen LogP contribution in [-0.2, 0) is 0 Å². The number of nitrogens with one attached hydrogen (secondary N) is 1. The van der Waals surface area contributed by atoms with E-state index in [0.29, 0.717) is 11.5 Å². The van der Waals surface area contributed by atoms with Crippen molar-refractivity contribution in [1.29, 1.82) is 0 Å². The van der Waals surface area contributed by atoms with Crippen molar-refractivity contribution in [3.05, 3.63) is 29.3 Å². The summed E-state index contributed by atoms with van der Waals surface area (Å²) in [6.45, 7) is 4.67. The molecule has 0 aliphatic rings. The maximum absolute atomic E-state index is 5.40. The summed E-state index contributed by atoms with van der Waals surface area (Å²) in [5.41, 5.74) is 8.94. The van der Waals surface area contributed by atoms with Crippen LogP contribution in [0.2, 0.25) is 0 Å². The van der Waals surface area contributed by atoms with Crippen molar-refractivity contribution in [2.75, 3.05) is 11.9 Å². The number of anilines is 1. The van der Waals surface area contributed by atoms with Gasteiger partial charge in [-0.15, -0.1) is 0 Å². The molecule has 13 heavy (non-hydrogen) atoms. The van der Waals surface area contributed by atoms with Crippen LogP contribution in [-0.4, -0.2) is 11.5 Å². The Kier molecular flexibility index (Phi) is 3.25. The fourth-order valence-electron chi connectivity index (χ4n) is 1.11. The van der Waals surface area contributed by atoms with Crippen molar-refractivity contribution < 1.29 is 0 Å². The Morgan fingerprint density at radius 2 is 2.15 bits per heavy atom. The molecule has 0 saturated carbocycles. The van der Waals surface area contributed by atoms with E-state index in [1.165, 1.54) is 11.1 Å². The quantitative estimate of drug-likeness (QED) is 0.723. The molecule has 0 aromatic heterocycles. The van der Waals surface area contributed by atoms with Gasteiger partial charge < -0.3 is 11.1 Å². The lowest BCUT2D eigenvalue weighted by molar-refractivity contribution is 1.31. The molecule has 0 fully saturated rings. The van der Waals surface area contributed by atoms with Gasteiger partial charge in [-0.25, -0.2) is 0 Å². The van der Waals surface area contributed by atoms with Gasteiger partial charge in [-0.2, -0.15) is 0 Å². The minimum atomic E-state index is 0.487. The number of rotatable bonds is 3. The standard InChI is InChI=1S/C10H14N2S/c1-7-3-4-8(2)9(5-7)12-6-10(11)13/h3-5,12H,6H2,1-2H3,(H2,11,13). The van der Waals surface area contributed by atoms with Crippen LogP contribution in [0.3, 0.4) is 0 Å². The topological polar surface area (TPSA) is 38.0 Å². The zero-order chi connectivity index (χ0) is 9.84. The summed E-state index contributed by atoms with van der Waals surface area (Å²) in [7, 11) is 0. The summed E-state index contributed by atoms with van der Waals surface area (Å²) in [4.78, 5) is 0.487. The van der Waals surface area contributed by atoms with Crippen LogP contribution in [0.15, 0.2) is 18.2 Å². The van der Waals surface area contributed by atoms with Crippen LogP contribution >= 0.6 is 12.2 Å². The van der Waals surface area contributed by atoms with Crippen molar-refractivity contribution in [1.82, 2.24) is 0 Å². The van der Waals surface area contributed by atoms with Crippen molar-refractivity contribution >= 4 is 22.9 Å². The number of aryl methyl sites for hydroxylation is 2. The van der Waals surface area contributed by atoms with Gasteiger partial charge in [0.25, 0.3) is 0 Å². The fourth-order valence-corrected chi connectivity index (χ4v) is 1.18. The lowest BCUT2D eigenvalue weighted by atomic mass is 10.1. The van der Waals surface area contributed by atoms with Crippen LogP contribution < -0.4 is 11.1 Å². The lowest BCUT2D eigenvalue weighted by Gasteiger charge is -2.09. The number of hydrogen-bond acceptors (Lipinski definition) is 2. The zero-order valence-corrected chi connectivity index (χ0v) is 8.74. The minimum Gasteiger partial charge on any atom is -0.392 e. The highest BCUT2D eigenvalue weighted by Gasteiger charge is 1.97. The Balaban J connectivity index is 2.75. The summed E-state index contributed by atoms with van der Waals surface area (Å²) >= 11 is 4.79. The monoisotopic (exact) mass is 194 g/mol. The first kappa shape index (κ1) is 9.99. The highest BCUT2D eigenvalue weighted by molar-refractivity contribution is 7.80. The third kappa shape index (κ3) is 3.03. The van der Waals surface area contributed by atoms with E-state index >= 15 is 0 Å². The van der Waals surface area contributed by atoms with Gasteiger partial charge in [0, 0.05) is 5.69 Å². The highest BCUT2D eigenvalue weighted by Crippen LogP contribution is 2.15. The second kappa shape index (κ2) is 4.23. The van der Waals surface area contributed by atoms with Crippen molar-refractivity contribution in [3.63, 3.8) is 0 Å². The van der Waals surface area contributed by atoms with E-state index in [-0.39, 0.29) is 0 Å². The molecule has 0 saturated heterocycles. The fraction of sp³-hybridized carbons (Fsp3) is 0.300. The third-order valence-electron chi connectivity index (χ3n) is 1.85. The summed E-state index contributed by atoms with van der Waals surface area (Å²) < 4.78 is 0. The molecule has 0 atom stereocenters. The first-order valence-electron chi connectivity index (χ1n) is 4.19. The van der Waals surface area contributed by atoms with Crippen molar-refractivity contribution in [3.8, 4) is 0 Å². The van der Waals surface area contributed by atoms with Gasteiger partial charge in [0.2, 0.25) is 0 Å². The van der Waals surface area contributed by atoms with E-state index in [1.807, 2.05) is 0 Å². The first-order valence-corrected chi connectivity index (χ1v) is 4.60. The Morgan fingerprint density at radius 1 is 1.46 bits per heavy atom. The highest BCUT2D eigenvalue weighted by atomic mass is 32.1. The van der Waals surface area contributed by atoms with E-state index in [0.717, 1.165) is 5.69 Å². The van der Waals surface area contributed by atoms with Crippen LogP contribution in [0.4, 0.5) is 5.69 Å². The molecule has 1 rings (SSSR count). The zero-order valence-electron chi connectivity index (χ0n) is 7.92. The summed E-state index contributed by atoms with van der Waals surface area (Å²) in [6.07, 6.45) is 0. The molecule has 0 heterocycles. The molecule has 0 unspecified atom stereocenters. The van der Waals surface area contributed by atoms with E-state index in [2.05, 4.69) is 37.4 Å². The van der Waals surface area contributed by atoms with E-state index in [9.17, 15) is 0 Å². The van der Waals surface area contributed by atoms with Gasteiger partial charge in [-0.3, -0.25) is 0 Å². The lowest BCUT2D eigenvalue weighted by Crippen LogP contribution is -2.20. The molecule has 0 aliphatic heterocycles. The first-order chi connectivity index (χ1) is 6.09. The third-order valence-corrected chi connectivity index (χ3v) is 1.99. The average Bonchev–Trinajstić information content (AvgIpc) is 2.06. The van der Waals surface area contributed by atoms with Crippen molar-refractivity contribution in [2.24, 2.45) is 5.73 Å². The molecule has 2 nitrogen and oxygen atoms in total. The van der Waals surface area contributed by atoms with Gasteiger partial charge in [0.15, 0.2) is 0 Å². The predicted molar refractivity (Wildman–Crippen MR) is 61.2 cm³/mol. The summed E-state index contributed by atoms with van der Waals surface area (Å²) in [5.74, 6) is 0. The number of nitrogens with two attached hydrogens (primary N) is 1. The molecule has 1 aromatic carbocycles. The Labute approximate surface area is 84.1 Å². The molecular formula is C10H14N2S. The van der Waals surface area contributed by atoms with Gasteiger partial charge in [-0.1, -0.05) is 24.4 Å². The predicted octanol–water partition coefficient (Wildman–Crippen LogP) is 2.00. The SMILES string of the molecule is Cc1ccc(C)c(NCC(N)=S)c1. The molecule has 3 N–H and O–H groups in total. The molecule has 0 amide bonds. The van der Waals surface area contributed by atoms with Gasteiger partial charge in [-0.05, 0) is 31.0 Å². The maximum atomic E-state index is 5.40. The summed E-state index contributed by atoms with van der Waals surface area (Å²) in [5, 5.41) is 3.19. The normalized spacial score (nSPS) is 9.69. The van der Waals surface area contributed by atoms with Crippen molar-refractivity contribution in [2.45, 2.75) is 13.8 Å². The summed E-state index contributed by atoms with van der Waals surface area (Å²) in [6, 6.07) is 6.26. The molecule has 3 heteroatoms. The second-order valence-corrected chi connectivity index (χ2v) is 3.66. The largest absolute Gasteiger partial charge is 0.392 e. The molecule has 1 aromatic rings. The maximum Gasteiger partial charge on any atom is 0.0921 e. The average molecular weight is 194 g/mol. The van der Waals surface area contributed by atoms with E-state index in [4.69, 9.17) is 18.0 Å². The van der Waals surface area contributed by atoms with E-state index < -0.39 is 0 Å². The smallest absolute Gasteiger partial charge is 0.0921 e. The molecule has 0 radical (unpaired) electrons. The van der Waals surface area contributed by atoms with Gasteiger partial charge in [0.05, 0.1) is 11.5 Å². The Bertz CT molecular complexity index is 321. The Morgan fingerprint density at radius 3 is 2.77 bits per heavy atom. The van der Waals surface area contributed by atoms with Crippen LogP contribution in [0.1, 0.15) is 11.1 Å². The number of benzene rings is 1. The number of thiocarbonyl (C=S) groups is 1. The van der Waals surface area contributed by atoms with Gasteiger partial charge in [0.1, 0.15) is 0 Å². The molecule has 0 spiro atoms. The van der Waals surface area contributed by atoms with Crippen LogP contribution in [0.25, 0.3) is 0 Å². The molecule has 70 valence electrons. The van der Waals surface area contributed by atoms with Gasteiger partial charge >= 0.3 is 0 Å². The second-order valence-electron chi connectivity index (χ2n) is 3.14. The Hall–Kier alpha value is -1.09. The van der Waals surface area contributed by atoms with Crippen LogP contribution in [0, 0.1) is 13.8 Å². The van der Waals surface area contributed by atoms with E-state index in [1.54, 1.807) is 0 Å².